The highest BCUT2D eigenvalue weighted by atomic mass is 16.5. The number of nitrogens with zero attached hydrogens (tertiary/aromatic N) is 1. The van der Waals surface area contributed by atoms with Crippen LogP contribution in [0.15, 0.2) is 0 Å². The number of likely N-dealkylation sites (N-methyl/N-ethyl adjacent to an activating group) is 1. The van der Waals surface area contributed by atoms with Gasteiger partial charge in [-0.1, -0.05) is 13.8 Å². The third-order valence-electron chi connectivity index (χ3n) is 3.55. The van der Waals surface area contributed by atoms with Crippen LogP contribution in [0.4, 0.5) is 0 Å². The standard InChI is InChI=1S/C13H27N3O2/c1-9(2)15-11(13(14)17)5-7-16(4)12-6-8-18-10(12)3/h9-12,15H,5-8H2,1-4H3,(H2,14,17). The highest BCUT2D eigenvalue weighted by Crippen LogP contribution is 2.18. The van der Waals surface area contributed by atoms with Crippen LogP contribution in [0.1, 0.15) is 33.6 Å². The monoisotopic (exact) mass is 257 g/mol. The first-order chi connectivity index (χ1) is 8.41. The quantitative estimate of drug-likeness (QED) is 0.690. The zero-order valence-corrected chi connectivity index (χ0v) is 12.0. The lowest BCUT2D eigenvalue weighted by atomic mass is 10.1. The zero-order chi connectivity index (χ0) is 13.7. The van der Waals surface area contributed by atoms with Gasteiger partial charge in [0.05, 0.1) is 12.1 Å². The van der Waals surface area contributed by atoms with Crippen LogP contribution in [0.3, 0.4) is 0 Å². The van der Waals surface area contributed by atoms with Crippen LogP contribution in [0.2, 0.25) is 0 Å². The van der Waals surface area contributed by atoms with Gasteiger partial charge in [-0.15, -0.1) is 0 Å². The molecular weight excluding hydrogens is 230 g/mol. The summed E-state index contributed by atoms with van der Waals surface area (Å²) in [4.78, 5) is 13.6. The second kappa shape index (κ2) is 7.07. The van der Waals surface area contributed by atoms with Crippen molar-refractivity contribution in [2.24, 2.45) is 5.73 Å². The van der Waals surface area contributed by atoms with Crippen LogP contribution in [-0.2, 0) is 9.53 Å². The summed E-state index contributed by atoms with van der Waals surface area (Å²) in [6.07, 6.45) is 2.09. The van der Waals surface area contributed by atoms with Crippen molar-refractivity contribution in [1.29, 1.82) is 0 Å². The van der Waals surface area contributed by atoms with Crippen LogP contribution in [0.5, 0.6) is 0 Å². The summed E-state index contributed by atoms with van der Waals surface area (Å²) in [7, 11) is 2.09. The molecule has 0 spiro atoms. The van der Waals surface area contributed by atoms with Gasteiger partial charge in [-0.25, -0.2) is 0 Å². The highest BCUT2D eigenvalue weighted by Gasteiger charge is 2.28. The molecule has 1 amide bonds. The number of nitrogens with one attached hydrogen (secondary N) is 1. The van der Waals surface area contributed by atoms with Gasteiger partial charge in [0.1, 0.15) is 0 Å². The van der Waals surface area contributed by atoms with Crippen LogP contribution in [0.25, 0.3) is 0 Å². The molecule has 1 fully saturated rings. The molecule has 5 heteroatoms. The van der Waals surface area contributed by atoms with Crippen LogP contribution in [-0.4, -0.2) is 55.2 Å². The number of carbonyl (C=O) groups is 1. The summed E-state index contributed by atoms with van der Waals surface area (Å²) in [6.45, 7) is 7.83. The number of hydrogen-bond acceptors (Lipinski definition) is 4. The number of primary amides is 1. The number of carbonyl (C=O) groups excluding carboxylic acids is 1. The third kappa shape index (κ3) is 4.55. The largest absolute Gasteiger partial charge is 0.377 e. The molecule has 0 aromatic carbocycles. The molecule has 18 heavy (non-hydrogen) atoms. The predicted octanol–water partition coefficient (Wildman–Crippen LogP) is 0.338. The van der Waals surface area contributed by atoms with Gasteiger partial charge >= 0.3 is 0 Å². The summed E-state index contributed by atoms with van der Waals surface area (Å²) in [6, 6.07) is 0.476. The molecule has 1 saturated heterocycles. The van der Waals surface area contributed by atoms with Gasteiger partial charge in [-0.05, 0) is 26.8 Å². The fourth-order valence-corrected chi connectivity index (χ4v) is 2.51. The smallest absolute Gasteiger partial charge is 0.234 e. The van der Waals surface area contributed by atoms with E-state index in [2.05, 4.69) is 24.2 Å². The minimum absolute atomic E-state index is 0.245. The number of nitrogens with two attached hydrogens (primary N) is 1. The number of ether oxygens (including phenoxy) is 1. The Balaban J connectivity index is 2.39. The van der Waals surface area contributed by atoms with E-state index in [1.54, 1.807) is 0 Å². The molecule has 1 heterocycles. The first-order valence-corrected chi connectivity index (χ1v) is 6.79. The summed E-state index contributed by atoms with van der Waals surface area (Å²) >= 11 is 0. The number of rotatable bonds is 7. The Morgan fingerprint density at radius 3 is 2.67 bits per heavy atom. The average molecular weight is 257 g/mol. The number of hydrogen-bond donors (Lipinski definition) is 2. The van der Waals surface area contributed by atoms with Gasteiger partial charge in [-0.3, -0.25) is 4.79 Å². The van der Waals surface area contributed by atoms with E-state index in [9.17, 15) is 4.79 Å². The molecule has 1 rings (SSSR count). The van der Waals surface area contributed by atoms with Crippen LogP contribution in [0, 0.1) is 0 Å². The number of amides is 1. The first kappa shape index (κ1) is 15.4. The highest BCUT2D eigenvalue weighted by molar-refractivity contribution is 5.79. The lowest BCUT2D eigenvalue weighted by molar-refractivity contribution is -0.120. The summed E-state index contributed by atoms with van der Waals surface area (Å²) < 4.78 is 5.56. The SMILES string of the molecule is CC(C)NC(CCN(C)C1CCOC1C)C(N)=O. The Hall–Kier alpha value is -0.650. The summed E-state index contributed by atoms with van der Waals surface area (Å²) in [5.41, 5.74) is 5.41. The molecule has 0 radical (unpaired) electrons. The van der Waals surface area contributed by atoms with Gasteiger partial charge in [0.15, 0.2) is 0 Å². The van der Waals surface area contributed by atoms with Crippen LogP contribution < -0.4 is 11.1 Å². The molecule has 3 N–H and O–H groups in total. The van der Waals surface area contributed by atoms with E-state index >= 15 is 0 Å². The first-order valence-electron chi connectivity index (χ1n) is 6.79. The van der Waals surface area contributed by atoms with Crippen molar-refractivity contribution in [1.82, 2.24) is 10.2 Å². The van der Waals surface area contributed by atoms with Gasteiger partial charge < -0.3 is 20.7 Å². The van der Waals surface area contributed by atoms with Crippen molar-refractivity contribution in [2.75, 3.05) is 20.2 Å². The Labute approximate surface area is 110 Å². The topological polar surface area (TPSA) is 67.6 Å². The molecule has 1 aliphatic rings. The predicted molar refractivity (Wildman–Crippen MR) is 72.3 cm³/mol. The minimum Gasteiger partial charge on any atom is -0.377 e. The molecule has 0 aliphatic carbocycles. The lowest BCUT2D eigenvalue weighted by Crippen LogP contribution is -2.47. The van der Waals surface area contributed by atoms with Crippen molar-refractivity contribution in [3.8, 4) is 0 Å². The van der Waals surface area contributed by atoms with E-state index in [1.807, 2.05) is 13.8 Å². The molecule has 0 aromatic heterocycles. The van der Waals surface area contributed by atoms with Gasteiger partial charge in [0, 0.05) is 25.2 Å². The maximum Gasteiger partial charge on any atom is 0.234 e. The van der Waals surface area contributed by atoms with Crippen molar-refractivity contribution < 1.29 is 9.53 Å². The van der Waals surface area contributed by atoms with E-state index in [-0.39, 0.29) is 24.1 Å². The van der Waals surface area contributed by atoms with Gasteiger partial charge in [0.25, 0.3) is 0 Å². The molecule has 0 saturated carbocycles. The van der Waals surface area contributed by atoms with E-state index in [4.69, 9.17) is 10.5 Å². The van der Waals surface area contributed by atoms with Crippen molar-refractivity contribution in [2.45, 2.75) is 57.8 Å². The molecule has 5 nitrogen and oxygen atoms in total. The van der Waals surface area contributed by atoms with E-state index in [0.29, 0.717) is 6.04 Å². The Kier molecular flexibility index (Phi) is 6.05. The minimum atomic E-state index is -0.271. The van der Waals surface area contributed by atoms with Crippen molar-refractivity contribution in [3.63, 3.8) is 0 Å². The second-order valence-electron chi connectivity index (χ2n) is 5.48. The second-order valence-corrected chi connectivity index (χ2v) is 5.48. The molecular formula is C13H27N3O2. The fraction of sp³-hybridized carbons (Fsp3) is 0.923. The Morgan fingerprint density at radius 2 is 2.22 bits per heavy atom. The zero-order valence-electron chi connectivity index (χ0n) is 12.0. The van der Waals surface area contributed by atoms with E-state index in [0.717, 1.165) is 26.0 Å². The molecule has 3 atom stereocenters. The molecule has 1 aliphatic heterocycles. The van der Waals surface area contributed by atoms with E-state index in [1.165, 1.54) is 0 Å². The van der Waals surface area contributed by atoms with Crippen molar-refractivity contribution >= 4 is 5.91 Å². The summed E-state index contributed by atoms with van der Waals surface area (Å²) in [5, 5.41) is 3.20. The van der Waals surface area contributed by atoms with Crippen LogP contribution >= 0.6 is 0 Å². The van der Waals surface area contributed by atoms with E-state index < -0.39 is 0 Å². The molecule has 106 valence electrons. The summed E-state index contributed by atoms with van der Waals surface area (Å²) in [5.74, 6) is -0.271. The Morgan fingerprint density at radius 1 is 1.56 bits per heavy atom. The maximum atomic E-state index is 11.3. The van der Waals surface area contributed by atoms with Gasteiger partial charge in [0.2, 0.25) is 5.91 Å². The molecule has 3 unspecified atom stereocenters. The molecule has 0 aromatic rings. The van der Waals surface area contributed by atoms with Crippen molar-refractivity contribution in [3.05, 3.63) is 0 Å². The fourth-order valence-electron chi connectivity index (χ4n) is 2.51. The molecule has 0 bridgehead atoms. The Bertz CT molecular complexity index is 271. The van der Waals surface area contributed by atoms with Gasteiger partial charge in [-0.2, -0.15) is 0 Å². The normalized spacial score (nSPS) is 25.9. The average Bonchev–Trinajstić information content (AvgIpc) is 2.69. The lowest BCUT2D eigenvalue weighted by Gasteiger charge is -2.28. The maximum absolute atomic E-state index is 11.3. The third-order valence-corrected chi connectivity index (χ3v) is 3.55.